The minimum absolute atomic E-state index is 0.0146. The van der Waals surface area contributed by atoms with E-state index in [9.17, 15) is 13.6 Å². The number of esters is 1. The van der Waals surface area contributed by atoms with E-state index in [1.54, 1.807) is 24.3 Å². The van der Waals surface area contributed by atoms with E-state index in [0.29, 0.717) is 16.7 Å². The van der Waals surface area contributed by atoms with E-state index in [2.05, 4.69) is 10.2 Å². The number of halogens is 3. The first-order valence-electron chi connectivity index (χ1n) is 6.74. The zero-order valence-corrected chi connectivity index (χ0v) is 12.8. The molecule has 0 aliphatic rings. The number of carbonyl (C=O) groups is 1. The fourth-order valence-corrected chi connectivity index (χ4v) is 2.13. The number of rotatable bonds is 4. The maximum absolute atomic E-state index is 13.5. The number of aromatic nitrogens is 2. The first kappa shape index (κ1) is 16.1. The van der Waals surface area contributed by atoms with E-state index >= 15 is 0 Å². The lowest BCUT2D eigenvalue weighted by Crippen LogP contribution is -2.08. The Kier molecular flexibility index (Phi) is 4.52. The van der Waals surface area contributed by atoms with Crippen molar-refractivity contribution in [2.75, 3.05) is 0 Å². The van der Waals surface area contributed by atoms with Crippen molar-refractivity contribution in [3.8, 4) is 11.5 Å². The SMILES string of the molecule is O=C(OCc1nnc(-c2ccccc2Cl)o1)c1ccc(F)cc1F. The van der Waals surface area contributed by atoms with Crippen LogP contribution in [0.4, 0.5) is 8.78 Å². The summed E-state index contributed by atoms with van der Waals surface area (Å²) in [5.74, 6) is -2.59. The van der Waals surface area contributed by atoms with Crippen molar-refractivity contribution in [3.05, 3.63) is 70.6 Å². The van der Waals surface area contributed by atoms with Gasteiger partial charge in [-0.2, -0.15) is 0 Å². The number of nitrogens with zero attached hydrogens (tertiary/aromatic N) is 2. The predicted molar refractivity (Wildman–Crippen MR) is 80.2 cm³/mol. The Balaban J connectivity index is 1.69. The van der Waals surface area contributed by atoms with Crippen LogP contribution < -0.4 is 0 Å². The molecule has 0 aliphatic heterocycles. The van der Waals surface area contributed by atoms with E-state index < -0.39 is 17.6 Å². The summed E-state index contributed by atoms with van der Waals surface area (Å²) in [5, 5.41) is 7.97. The first-order chi connectivity index (χ1) is 11.5. The molecule has 8 heteroatoms. The molecule has 122 valence electrons. The van der Waals surface area contributed by atoms with Crippen LogP contribution >= 0.6 is 11.6 Å². The molecule has 0 saturated heterocycles. The van der Waals surface area contributed by atoms with Gasteiger partial charge in [0.2, 0.25) is 5.89 Å². The largest absolute Gasteiger partial charge is 0.452 e. The molecule has 24 heavy (non-hydrogen) atoms. The van der Waals surface area contributed by atoms with Crippen molar-refractivity contribution >= 4 is 17.6 Å². The van der Waals surface area contributed by atoms with Crippen molar-refractivity contribution < 1.29 is 22.7 Å². The third-order valence-corrected chi connectivity index (χ3v) is 3.38. The van der Waals surface area contributed by atoms with E-state index in [1.807, 2.05) is 0 Å². The normalized spacial score (nSPS) is 10.6. The summed E-state index contributed by atoms with van der Waals surface area (Å²) >= 11 is 6.02. The minimum atomic E-state index is -1.01. The maximum Gasteiger partial charge on any atom is 0.341 e. The van der Waals surface area contributed by atoms with Crippen molar-refractivity contribution in [2.45, 2.75) is 6.61 Å². The van der Waals surface area contributed by atoms with Crippen LogP contribution in [0.1, 0.15) is 16.2 Å². The molecule has 0 atom stereocenters. The highest BCUT2D eigenvalue weighted by molar-refractivity contribution is 6.33. The van der Waals surface area contributed by atoms with Gasteiger partial charge in [0, 0.05) is 6.07 Å². The van der Waals surface area contributed by atoms with Gasteiger partial charge < -0.3 is 9.15 Å². The Morgan fingerprint density at radius 2 is 1.96 bits per heavy atom. The quantitative estimate of drug-likeness (QED) is 0.665. The van der Waals surface area contributed by atoms with E-state index in [0.717, 1.165) is 12.1 Å². The lowest BCUT2D eigenvalue weighted by molar-refractivity contribution is 0.0433. The molecule has 0 radical (unpaired) electrons. The van der Waals surface area contributed by atoms with Gasteiger partial charge >= 0.3 is 5.97 Å². The molecule has 2 aromatic carbocycles. The molecule has 0 unspecified atom stereocenters. The Bertz CT molecular complexity index is 899. The third kappa shape index (κ3) is 3.41. The van der Waals surface area contributed by atoms with Crippen molar-refractivity contribution in [1.82, 2.24) is 10.2 Å². The van der Waals surface area contributed by atoms with Gasteiger partial charge in [-0.3, -0.25) is 0 Å². The van der Waals surface area contributed by atoms with Crippen molar-refractivity contribution in [1.29, 1.82) is 0 Å². The molecule has 5 nitrogen and oxygen atoms in total. The molecule has 3 rings (SSSR count). The van der Waals surface area contributed by atoms with E-state index in [-0.39, 0.29) is 24.0 Å². The summed E-state index contributed by atoms with van der Waals surface area (Å²) in [6.45, 7) is -0.354. The zero-order chi connectivity index (χ0) is 17.1. The van der Waals surface area contributed by atoms with Gasteiger partial charge in [-0.25, -0.2) is 13.6 Å². The minimum Gasteiger partial charge on any atom is -0.452 e. The molecule has 0 bridgehead atoms. The van der Waals surface area contributed by atoms with Crippen LogP contribution in [0.15, 0.2) is 46.9 Å². The average molecular weight is 351 g/mol. The molecule has 3 aromatic rings. The smallest absolute Gasteiger partial charge is 0.341 e. The molecular weight excluding hydrogens is 342 g/mol. The molecule has 0 N–H and O–H groups in total. The molecule has 1 aromatic heterocycles. The van der Waals surface area contributed by atoms with Gasteiger partial charge in [-0.05, 0) is 24.3 Å². The van der Waals surface area contributed by atoms with Gasteiger partial charge in [0.05, 0.1) is 16.1 Å². The third-order valence-electron chi connectivity index (χ3n) is 3.05. The number of benzene rings is 2. The fourth-order valence-electron chi connectivity index (χ4n) is 1.92. The molecule has 0 amide bonds. The van der Waals surface area contributed by atoms with Crippen LogP contribution in [0.2, 0.25) is 5.02 Å². The molecular formula is C16H9ClF2N2O3. The zero-order valence-electron chi connectivity index (χ0n) is 12.0. The fraction of sp³-hybridized carbons (Fsp3) is 0.0625. The second kappa shape index (κ2) is 6.76. The Labute approximate surface area is 139 Å². The summed E-state index contributed by atoms with van der Waals surface area (Å²) < 4.78 is 36.5. The highest BCUT2D eigenvalue weighted by atomic mass is 35.5. The lowest BCUT2D eigenvalue weighted by Gasteiger charge is -2.03. The summed E-state index contributed by atoms with van der Waals surface area (Å²) in [5.41, 5.74) is 0.149. The van der Waals surface area contributed by atoms with Crippen LogP contribution in [-0.4, -0.2) is 16.2 Å². The second-order valence-corrected chi connectivity index (χ2v) is 5.09. The first-order valence-corrected chi connectivity index (χ1v) is 7.12. The molecule has 0 saturated carbocycles. The van der Waals surface area contributed by atoms with Crippen LogP contribution in [0, 0.1) is 11.6 Å². The summed E-state index contributed by atoms with van der Waals surface area (Å²) in [6, 6.07) is 9.42. The van der Waals surface area contributed by atoms with Crippen molar-refractivity contribution in [3.63, 3.8) is 0 Å². The molecule has 0 fully saturated rings. The van der Waals surface area contributed by atoms with Crippen LogP contribution in [0.5, 0.6) is 0 Å². The van der Waals surface area contributed by atoms with Gasteiger partial charge in [0.15, 0.2) is 6.61 Å². The maximum atomic E-state index is 13.5. The van der Waals surface area contributed by atoms with Crippen molar-refractivity contribution in [2.24, 2.45) is 0 Å². The highest BCUT2D eigenvalue weighted by Crippen LogP contribution is 2.26. The van der Waals surface area contributed by atoms with Gasteiger partial charge in [-0.15, -0.1) is 10.2 Å². The number of hydrogen-bond acceptors (Lipinski definition) is 5. The van der Waals surface area contributed by atoms with Gasteiger partial charge in [0.25, 0.3) is 5.89 Å². The van der Waals surface area contributed by atoms with Crippen LogP contribution in [0.25, 0.3) is 11.5 Å². The summed E-state index contributed by atoms with van der Waals surface area (Å²) in [4.78, 5) is 11.8. The van der Waals surface area contributed by atoms with Gasteiger partial charge in [-0.1, -0.05) is 23.7 Å². The lowest BCUT2D eigenvalue weighted by atomic mass is 10.2. The Morgan fingerprint density at radius 1 is 1.17 bits per heavy atom. The summed E-state index contributed by atoms with van der Waals surface area (Å²) in [6.07, 6.45) is 0. The average Bonchev–Trinajstić information content (AvgIpc) is 3.02. The standard InChI is InChI=1S/C16H9ClF2N2O3/c17-12-4-2-1-3-10(12)15-21-20-14(24-15)8-23-16(22)11-6-5-9(18)7-13(11)19/h1-7H,8H2. The van der Waals surface area contributed by atoms with Crippen LogP contribution in [-0.2, 0) is 11.3 Å². The molecule has 0 aliphatic carbocycles. The number of carbonyl (C=O) groups excluding carboxylic acids is 1. The van der Waals surface area contributed by atoms with E-state index in [4.69, 9.17) is 20.8 Å². The topological polar surface area (TPSA) is 65.2 Å². The Hall–Kier alpha value is -2.80. The van der Waals surface area contributed by atoms with Gasteiger partial charge in [0.1, 0.15) is 11.6 Å². The summed E-state index contributed by atoms with van der Waals surface area (Å²) in [7, 11) is 0. The number of ether oxygens (including phenoxy) is 1. The van der Waals surface area contributed by atoms with E-state index in [1.165, 1.54) is 0 Å². The monoisotopic (exact) mass is 350 g/mol. The second-order valence-electron chi connectivity index (χ2n) is 4.68. The highest BCUT2D eigenvalue weighted by Gasteiger charge is 2.16. The molecule has 1 heterocycles. The molecule has 0 spiro atoms. The Morgan fingerprint density at radius 3 is 2.71 bits per heavy atom. The van der Waals surface area contributed by atoms with Crippen LogP contribution in [0.3, 0.4) is 0 Å². The predicted octanol–water partition coefficient (Wildman–Crippen LogP) is 4.03. The number of hydrogen-bond donors (Lipinski definition) is 0.